The van der Waals surface area contributed by atoms with Crippen molar-refractivity contribution in [1.82, 2.24) is 4.83 Å². The first-order chi connectivity index (χ1) is 10.9. The number of benzene rings is 2. The molecule has 0 aliphatic carbocycles. The zero-order valence-corrected chi connectivity index (χ0v) is 14.6. The Morgan fingerprint density at radius 1 is 1.26 bits per heavy atom. The molecular weight excluding hydrogens is 384 g/mol. The molecule has 2 N–H and O–H groups in total. The summed E-state index contributed by atoms with van der Waals surface area (Å²) >= 11 is 3.24. The van der Waals surface area contributed by atoms with Gasteiger partial charge in [0.1, 0.15) is 11.5 Å². The van der Waals surface area contributed by atoms with Gasteiger partial charge in [0.05, 0.1) is 17.7 Å². The average Bonchev–Trinajstić information content (AvgIpc) is 2.50. The Balaban J connectivity index is 2.10. The number of hydrazone groups is 1. The second kappa shape index (κ2) is 7.47. The second-order valence-corrected chi connectivity index (χ2v) is 7.04. The number of rotatable bonds is 6. The molecule has 2 rings (SSSR count). The van der Waals surface area contributed by atoms with E-state index in [1.165, 1.54) is 24.4 Å². The van der Waals surface area contributed by atoms with Crippen LogP contribution in [0.4, 0.5) is 0 Å². The van der Waals surface area contributed by atoms with Crippen molar-refractivity contribution < 1.29 is 18.3 Å². The molecule has 2 aromatic carbocycles. The Kier molecular flexibility index (Phi) is 5.62. The first-order valence-corrected chi connectivity index (χ1v) is 8.96. The SMILES string of the molecule is CCOc1ccc(/C=N/NS(=O)(=O)c2ccc(Br)cc2)c(O)c1. The number of nitrogens with zero attached hydrogens (tertiary/aromatic N) is 1. The maximum Gasteiger partial charge on any atom is 0.276 e. The van der Waals surface area contributed by atoms with Crippen LogP contribution >= 0.6 is 15.9 Å². The Labute approximate surface area is 143 Å². The summed E-state index contributed by atoms with van der Waals surface area (Å²) in [5.74, 6) is 0.472. The Morgan fingerprint density at radius 3 is 2.57 bits per heavy atom. The van der Waals surface area contributed by atoms with Crippen molar-refractivity contribution in [3.05, 3.63) is 52.5 Å². The summed E-state index contributed by atoms with van der Waals surface area (Å²) < 4.78 is 30.1. The zero-order valence-electron chi connectivity index (χ0n) is 12.2. The van der Waals surface area contributed by atoms with Crippen molar-refractivity contribution in [2.24, 2.45) is 5.10 Å². The predicted octanol–water partition coefficient (Wildman–Crippen LogP) is 2.87. The third-order valence-corrected chi connectivity index (χ3v) is 4.58. The first-order valence-electron chi connectivity index (χ1n) is 6.68. The molecule has 0 aliphatic rings. The highest BCUT2D eigenvalue weighted by Gasteiger charge is 2.12. The summed E-state index contributed by atoms with van der Waals surface area (Å²) in [5, 5.41) is 13.5. The number of hydrogen-bond acceptors (Lipinski definition) is 5. The van der Waals surface area contributed by atoms with E-state index in [9.17, 15) is 13.5 Å². The average molecular weight is 399 g/mol. The maximum absolute atomic E-state index is 12.0. The van der Waals surface area contributed by atoms with Crippen molar-refractivity contribution in [2.45, 2.75) is 11.8 Å². The number of nitrogens with one attached hydrogen (secondary N) is 1. The fourth-order valence-corrected chi connectivity index (χ4v) is 2.78. The van der Waals surface area contributed by atoms with Gasteiger partial charge in [-0.1, -0.05) is 15.9 Å². The molecule has 0 fully saturated rings. The molecule has 0 aliphatic heterocycles. The minimum atomic E-state index is -3.75. The normalized spacial score (nSPS) is 11.6. The topological polar surface area (TPSA) is 88.0 Å². The van der Waals surface area contributed by atoms with Crippen LogP contribution in [0.25, 0.3) is 0 Å². The van der Waals surface area contributed by atoms with Crippen molar-refractivity contribution in [3.8, 4) is 11.5 Å². The molecule has 8 heteroatoms. The van der Waals surface area contributed by atoms with Gasteiger partial charge in [-0.05, 0) is 43.3 Å². The standard InChI is InChI=1S/C15H15BrN2O4S/c1-2-22-13-6-3-11(15(19)9-13)10-17-18-23(20,21)14-7-4-12(16)5-8-14/h3-10,18-19H,2H2,1H3/b17-10+. The van der Waals surface area contributed by atoms with Crippen LogP contribution < -0.4 is 9.57 Å². The van der Waals surface area contributed by atoms with Crippen LogP contribution in [0, 0.1) is 0 Å². The van der Waals surface area contributed by atoms with E-state index in [0.717, 1.165) is 4.47 Å². The zero-order chi connectivity index (χ0) is 16.9. The van der Waals surface area contributed by atoms with Crippen LogP contribution in [-0.4, -0.2) is 26.3 Å². The summed E-state index contributed by atoms with van der Waals surface area (Å²) in [5.41, 5.74) is 0.368. The highest BCUT2D eigenvalue weighted by Crippen LogP contribution is 2.22. The van der Waals surface area contributed by atoms with Crippen LogP contribution in [0.15, 0.2) is 56.9 Å². The van der Waals surface area contributed by atoms with Gasteiger partial charge in [0.2, 0.25) is 0 Å². The van der Waals surface area contributed by atoms with Gasteiger partial charge in [-0.15, -0.1) is 0 Å². The largest absolute Gasteiger partial charge is 0.507 e. The van der Waals surface area contributed by atoms with Gasteiger partial charge in [-0.3, -0.25) is 0 Å². The molecule has 0 amide bonds. The minimum Gasteiger partial charge on any atom is -0.507 e. The summed E-state index contributed by atoms with van der Waals surface area (Å²) in [4.78, 5) is 2.19. The van der Waals surface area contributed by atoms with Crippen LogP contribution in [0.1, 0.15) is 12.5 Å². The second-order valence-electron chi connectivity index (χ2n) is 4.46. The van der Waals surface area contributed by atoms with E-state index in [1.54, 1.807) is 24.3 Å². The lowest BCUT2D eigenvalue weighted by Crippen LogP contribution is -2.18. The third-order valence-electron chi connectivity index (χ3n) is 2.81. The van der Waals surface area contributed by atoms with E-state index < -0.39 is 10.0 Å². The van der Waals surface area contributed by atoms with E-state index in [4.69, 9.17) is 4.74 Å². The summed E-state index contributed by atoms with van der Waals surface area (Å²) in [6, 6.07) is 10.8. The van der Waals surface area contributed by atoms with Crippen LogP contribution in [-0.2, 0) is 10.0 Å². The fourth-order valence-electron chi connectivity index (χ4n) is 1.72. The van der Waals surface area contributed by atoms with Gasteiger partial charge in [0, 0.05) is 16.1 Å². The number of hydrogen-bond donors (Lipinski definition) is 2. The highest BCUT2D eigenvalue weighted by molar-refractivity contribution is 9.10. The van der Waals surface area contributed by atoms with Crippen molar-refractivity contribution in [2.75, 3.05) is 6.61 Å². The van der Waals surface area contributed by atoms with Gasteiger partial charge in [-0.25, -0.2) is 4.83 Å². The highest BCUT2D eigenvalue weighted by atomic mass is 79.9. The van der Waals surface area contributed by atoms with Gasteiger partial charge in [0.25, 0.3) is 10.0 Å². The molecule has 0 radical (unpaired) electrons. The predicted molar refractivity (Wildman–Crippen MR) is 91.3 cm³/mol. The van der Waals surface area contributed by atoms with Crippen LogP contribution in [0.3, 0.4) is 0 Å². The molecule has 0 bridgehead atoms. The number of phenols is 1. The van der Waals surface area contributed by atoms with Gasteiger partial charge in [-0.2, -0.15) is 13.5 Å². The Morgan fingerprint density at radius 2 is 1.96 bits per heavy atom. The summed E-state index contributed by atoms with van der Waals surface area (Å²) in [7, 11) is -3.75. The minimum absolute atomic E-state index is 0.0532. The maximum atomic E-state index is 12.0. The molecule has 0 unspecified atom stereocenters. The number of phenolic OH excluding ortho intramolecular Hbond substituents is 1. The molecule has 0 atom stereocenters. The number of sulfonamides is 1. The van der Waals surface area contributed by atoms with E-state index >= 15 is 0 Å². The molecule has 0 heterocycles. The molecule has 2 aromatic rings. The molecule has 23 heavy (non-hydrogen) atoms. The number of aromatic hydroxyl groups is 1. The Hall–Kier alpha value is -2.06. The van der Waals surface area contributed by atoms with E-state index in [2.05, 4.69) is 25.9 Å². The number of halogens is 1. The smallest absolute Gasteiger partial charge is 0.276 e. The molecule has 0 aromatic heterocycles. The molecule has 6 nitrogen and oxygen atoms in total. The van der Waals surface area contributed by atoms with Crippen molar-refractivity contribution in [1.29, 1.82) is 0 Å². The van der Waals surface area contributed by atoms with E-state index in [0.29, 0.717) is 17.9 Å². The lowest BCUT2D eigenvalue weighted by molar-refractivity contribution is 0.337. The molecule has 122 valence electrons. The van der Waals surface area contributed by atoms with E-state index in [1.807, 2.05) is 6.92 Å². The number of ether oxygens (including phenoxy) is 1. The van der Waals surface area contributed by atoms with Crippen molar-refractivity contribution in [3.63, 3.8) is 0 Å². The van der Waals surface area contributed by atoms with Crippen LogP contribution in [0.2, 0.25) is 0 Å². The van der Waals surface area contributed by atoms with Gasteiger partial charge < -0.3 is 9.84 Å². The molecular formula is C15H15BrN2O4S. The lowest BCUT2D eigenvalue weighted by Gasteiger charge is -2.05. The summed E-state index contributed by atoms with van der Waals surface area (Å²) in [6.07, 6.45) is 1.22. The molecule has 0 spiro atoms. The van der Waals surface area contributed by atoms with Gasteiger partial charge >= 0.3 is 0 Å². The third kappa shape index (κ3) is 4.70. The summed E-state index contributed by atoms with van der Waals surface area (Å²) in [6.45, 7) is 2.32. The lowest BCUT2D eigenvalue weighted by atomic mass is 10.2. The van der Waals surface area contributed by atoms with Gasteiger partial charge in [0.15, 0.2) is 0 Å². The van der Waals surface area contributed by atoms with Crippen molar-refractivity contribution >= 4 is 32.2 Å². The first kappa shape index (κ1) is 17.3. The quantitative estimate of drug-likeness (QED) is 0.578. The van der Waals surface area contributed by atoms with Crippen LogP contribution in [0.5, 0.6) is 11.5 Å². The monoisotopic (exact) mass is 398 g/mol. The fraction of sp³-hybridized carbons (Fsp3) is 0.133. The Bertz CT molecular complexity index is 805. The molecule has 0 saturated carbocycles. The van der Waals surface area contributed by atoms with E-state index in [-0.39, 0.29) is 10.6 Å². The molecule has 0 saturated heterocycles.